The number of carbonyl (C=O) groups excluding carboxylic acids is 3. The number of amides is 1. The number of Topliss-reactive ketones (excluding diaryl/α,β-unsaturated/α-hetero) is 2. The number of unbranched alkanes of at least 4 members (excludes halogenated alkanes) is 3. The van der Waals surface area contributed by atoms with E-state index >= 15 is 0 Å². The van der Waals surface area contributed by atoms with Gasteiger partial charge in [-0.15, -0.1) is 0 Å². The molecule has 2 atom stereocenters. The number of carbonyl (C=O) groups is 3. The molecule has 0 aromatic rings. The summed E-state index contributed by atoms with van der Waals surface area (Å²) in [5.74, 6) is 0.209. The lowest BCUT2D eigenvalue weighted by Gasteiger charge is -2.17. The average molecular weight is 387 g/mol. The van der Waals surface area contributed by atoms with Crippen molar-refractivity contribution in [3.05, 3.63) is 0 Å². The predicted molar refractivity (Wildman–Crippen MR) is 104 cm³/mol. The first-order valence-electron chi connectivity index (χ1n) is 10.2. The van der Waals surface area contributed by atoms with Crippen LogP contribution in [0.3, 0.4) is 0 Å². The third-order valence-electron chi connectivity index (χ3n) is 4.88. The molecule has 0 saturated carbocycles. The van der Waals surface area contributed by atoms with Crippen LogP contribution in [0.4, 0.5) is 0 Å². The predicted octanol–water partition coefficient (Wildman–Crippen LogP) is 2.61. The van der Waals surface area contributed by atoms with Crippen LogP contribution in [0.2, 0.25) is 0 Å². The Hall–Kier alpha value is -1.31. The summed E-state index contributed by atoms with van der Waals surface area (Å²) in [4.78, 5) is 35.0. The minimum atomic E-state index is -1.16. The fourth-order valence-corrected chi connectivity index (χ4v) is 2.71. The lowest BCUT2D eigenvalue weighted by molar-refractivity contribution is -0.168. The molecule has 0 fully saturated rings. The standard InChI is InChI=1S/C20H38N2O5/c1-3-16(2)9-8-12-17(24)10-6-4-5-7-11-18(25)13-14-22(27)20(26)19(21)15-23/h16,19,23,27H,3-15,21H2,1-2H3. The maximum absolute atomic E-state index is 11.8. The monoisotopic (exact) mass is 386 g/mol. The summed E-state index contributed by atoms with van der Waals surface area (Å²) in [6.45, 7) is 3.72. The van der Waals surface area contributed by atoms with Gasteiger partial charge < -0.3 is 10.8 Å². The van der Waals surface area contributed by atoms with E-state index in [4.69, 9.17) is 10.8 Å². The first-order valence-corrected chi connectivity index (χ1v) is 10.2. The average Bonchev–Trinajstić information content (AvgIpc) is 2.67. The van der Waals surface area contributed by atoms with Gasteiger partial charge in [-0.3, -0.25) is 19.6 Å². The lowest BCUT2D eigenvalue weighted by atomic mass is 9.99. The van der Waals surface area contributed by atoms with Crippen molar-refractivity contribution < 1.29 is 24.7 Å². The zero-order chi connectivity index (χ0) is 20.7. The Morgan fingerprint density at radius 2 is 1.44 bits per heavy atom. The molecule has 2 unspecified atom stereocenters. The van der Waals surface area contributed by atoms with E-state index in [0.717, 1.165) is 44.9 Å². The van der Waals surface area contributed by atoms with Gasteiger partial charge in [-0.1, -0.05) is 39.5 Å². The van der Waals surface area contributed by atoms with Crippen molar-refractivity contribution in [3.8, 4) is 0 Å². The topological polar surface area (TPSA) is 121 Å². The van der Waals surface area contributed by atoms with Gasteiger partial charge in [-0.05, 0) is 25.2 Å². The third-order valence-corrected chi connectivity index (χ3v) is 4.88. The van der Waals surface area contributed by atoms with E-state index in [2.05, 4.69) is 13.8 Å². The molecule has 7 nitrogen and oxygen atoms in total. The van der Waals surface area contributed by atoms with Crippen molar-refractivity contribution in [2.75, 3.05) is 13.2 Å². The Morgan fingerprint density at radius 3 is 1.96 bits per heavy atom. The van der Waals surface area contributed by atoms with Crippen molar-refractivity contribution in [2.24, 2.45) is 11.7 Å². The van der Waals surface area contributed by atoms with Gasteiger partial charge in [0.25, 0.3) is 5.91 Å². The number of aliphatic hydroxyl groups excluding tert-OH is 1. The highest BCUT2D eigenvalue weighted by atomic mass is 16.5. The highest BCUT2D eigenvalue weighted by Crippen LogP contribution is 2.13. The number of hydroxylamine groups is 2. The van der Waals surface area contributed by atoms with Crippen LogP contribution in [0.5, 0.6) is 0 Å². The zero-order valence-electron chi connectivity index (χ0n) is 17.0. The summed E-state index contributed by atoms with van der Waals surface area (Å²) >= 11 is 0. The molecule has 7 heteroatoms. The molecular weight excluding hydrogens is 348 g/mol. The van der Waals surface area contributed by atoms with Crippen LogP contribution in [0.15, 0.2) is 0 Å². The maximum Gasteiger partial charge on any atom is 0.265 e. The molecule has 0 radical (unpaired) electrons. The van der Waals surface area contributed by atoms with Crippen LogP contribution < -0.4 is 5.73 Å². The van der Waals surface area contributed by atoms with Gasteiger partial charge in [0.05, 0.1) is 13.2 Å². The number of hydrogen-bond acceptors (Lipinski definition) is 6. The van der Waals surface area contributed by atoms with E-state index in [1.54, 1.807) is 0 Å². The zero-order valence-corrected chi connectivity index (χ0v) is 17.0. The number of nitrogens with two attached hydrogens (primary N) is 1. The molecule has 0 aliphatic rings. The molecule has 0 aromatic heterocycles. The van der Waals surface area contributed by atoms with E-state index < -0.39 is 18.6 Å². The first kappa shape index (κ1) is 25.7. The van der Waals surface area contributed by atoms with Gasteiger partial charge in [0, 0.05) is 25.7 Å². The van der Waals surface area contributed by atoms with Crippen molar-refractivity contribution in [1.29, 1.82) is 0 Å². The second-order valence-corrected chi connectivity index (χ2v) is 7.40. The number of rotatable bonds is 17. The summed E-state index contributed by atoms with van der Waals surface area (Å²) < 4.78 is 0. The van der Waals surface area contributed by atoms with Crippen LogP contribution in [-0.2, 0) is 14.4 Å². The summed E-state index contributed by atoms with van der Waals surface area (Å²) in [6.07, 6.45) is 8.47. The molecule has 0 bridgehead atoms. The van der Waals surface area contributed by atoms with Gasteiger partial charge in [0.15, 0.2) is 0 Å². The molecular formula is C20H38N2O5. The summed E-state index contributed by atoms with van der Waals surface area (Å²) in [7, 11) is 0. The molecule has 158 valence electrons. The SMILES string of the molecule is CCC(C)CCCC(=O)CCCCCCC(=O)CCN(O)C(=O)C(N)CO. The minimum absolute atomic E-state index is 0.0273. The molecule has 0 saturated heterocycles. The summed E-state index contributed by atoms with van der Waals surface area (Å²) in [6, 6.07) is -1.16. The van der Waals surface area contributed by atoms with Crippen LogP contribution in [0.25, 0.3) is 0 Å². The van der Waals surface area contributed by atoms with E-state index in [1.807, 2.05) is 0 Å². The number of ketones is 2. The number of nitrogens with zero attached hydrogens (tertiary/aromatic N) is 1. The normalized spacial score (nSPS) is 13.2. The largest absolute Gasteiger partial charge is 0.394 e. The molecule has 4 N–H and O–H groups in total. The van der Waals surface area contributed by atoms with E-state index in [1.165, 1.54) is 0 Å². The highest BCUT2D eigenvalue weighted by molar-refractivity contribution is 5.82. The van der Waals surface area contributed by atoms with Gasteiger partial charge >= 0.3 is 0 Å². The first-order chi connectivity index (χ1) is 12.8. The molecule has 0 spiro atoms. The van der Waals surface area contributed by atoms with Crippen LogP contribution in [-0.4, -0.2) is 52.0 Å². The quantitative estimate of drug-likeness (QED) is 0.201. The number of hydrogen-bond donors (Lipinski definition) is 3. The maximum atomic E-state index is 11.8. The smallest absolute Gasteiger partial charge is 0.265 e. The van der Waals surface area contributed by atoms with Crippen molar-refractivity contribution in [3.63, 3.8) is 0 Å². The highest BCUT2D eigenvalue weighted by Gasteiger charge is 2.19. The summed E-state index contributed by atoms with van der Waals surface area (Å²) in [5, 5.41) is 18.6. The van der Waals surface area contributed by atoms with Crippen LogP contribution in [0, 0.1) is 5.92 Å². The lowest BCUT2D eigenvalue weighted by Crippen LogP contribution is -2.44. The molecule has 1 amide bonds. The van der Waals surface area contributed by atoms with Crippen LogP contribution in [0.1, 0.15) is 84.5 Å². The molecule has 0 heterocycles. The fourth-order valence-electron chi connectivity index (χ4n) is 2.71. The second-order valence-electron chi connectivity index (χ2n) is 7.40. The van der Waals surface area contributed by atoms with E-state index in [9.17, 15) is 19.6 Å². The second kappa shape index (κ2) is 15.7. The van der Waals surface area contributed by atoms with Gasteiger partial charge in [0.2, 0.25) is 0 Å². The van der Waals surface area contributed by atoms with Gasteiger partial charge in [-0.2, -0.15) is 0 Å². The fraction of sp³-hybridized carbons (Fsp3) is 0.850. The number of aliphatic hydroxyl groups is 1. The molecule has 0 aromatic carbocycles. The Balaban J connectivity index is 3.63. The van der Waals surface area contributed by atoms with Crippen molar-refractivity contribution in [2.45, 2.75) is 90.5 Å². The van der Waals surface area contributed by atoms with E-state index in [-0.39, 0.29) is 18.7 Å². The Morgan fingerprint density at radius 1 is 0.926 bits per heavy atom. The minimum Gasteiger partial charge on any atom is -0.394 e. The molecule has 0 rings (SSSR count). The molecule has 27 heavy (non-hydrogen) atoms. The van der Waals surface area contributed by atoms with E-state index in [0.29, 0.717) is 36.0 Å². The summed E-state index contributed by atoms with van der Waals surface area (Å²) in [5.41, 5.74) is 5.31. The van der Waals surface area contributed by atoms with Crippen LogP contribution >= 0.6 is 0 Å². The Bertz CT molecular complexity index is 442. The Labute approximate surface area is 163 Å². The third kappa shape index (κ3) is 13.5. The Kier molecular flexibility index (Phi) is 15.0. The molecule has 0 aliphatic heterocycles. The van der Waals surface area contributed by atoms with Gasteiger partial charge in [0.1, 0.15) is 17.6 Å². The molecule has 0 aliphatic carbocycles. The van der Waals surface area contributed by atoms with Crippen molar-refractivity contribution in [1.82, 2.24) is 5.06 Å². The van der Waals surface area contributed by atoms with Gasteiger partial charge in [-0.25, -0.2) is 5.06 Å². The van der Waals surface area contributed by atoms with Crippen molar-refractivity contribution >= 4 is 17.5 Å².